The van der Waals surface area contributed by atoms with Crippen LogP contribution < -0.4 is 5.32 Å². The van der Waals surface area contributed by atoms with Gasteiger partial charge in [0.05, 0.1) is 18.8 Å². The predicted octanol–water partition coefficient (Wildman–Crippen LogP) is 10.2. The first-order valence-corrected chi connectivity index (χ1v) is 17.3. The molecule has 2 unspecified atom stereocenters. The Morgan fingerprint density at radius 3 is 1.63 bits per heavy atom. The zero-order chi connectivity index (χ0) is 31.5. The van der Waals surface area contributed by atoms with Gasteiger partial charge in [-0.1, -0.05) is 137 Å². The van der Waals surface area contributed by atoms with Gasteiger partial charge in [-0.15, -0.1) is 0 Å². The van der Waals surface area contributed by atoms with E-state index in [0.717, 1.165) is 77.0 Å². The maximum Gasteiger partial charge on any atom is 0.220 e. The highest BCUT2D eigenvalue weighted by molar-refractivity contribution is 5.76. The fraction of sp³-hybridized carbons (Fsp3) is 0.615. The smallest absolute Gasteiger partial charge is 0.220 e. The van der Waals surface area contributed by atoms with E-state index in [1.807, 2.05) is 6.08 Å². The van der Waals surface area contributed by atoms with Gasteiger partial charge in [0.25, 0.3) is 0 Å². The van der Waals surface area contributed by atoms with Gasteiger partial charge in [-0.3, -0.25) is 4.79 Å². The number of aliphatic hydroxyl groups excluding tert-OH is 2. The summed E-state index contributed by atoms with van der Waals surface area (Å²) in [6.07, 6.45) is 49.4. The van der Waals surface area contributed by atoms with Gasteiger partial charge in [-0.2, -0.15) is 0 Å². The van der Waals surface area contributed by atoms with Crippen LogP contribution in [0.2, 0.25) is 0 Å². The number of hydrogen-bond donors (Lipinski definition) is 3. The molecular formula is C39H65NO3. The highest BCUT2D eigenvalue weighted by Gasteiger charge is 2.17. The largest absolute Gasteiger partial charge is 0.394 e. The fourth-order valence-corrected chi connectivity index (χ4v) is 4.42. The number of nitrogens with one attached hydrogen (secondary N) is 1. The van der Waals surface area contributed by atoms with Crippen LogP contribution in [0.15, 0.2) is 85.1 Å². The Labute approximate surface area is 265 Å². The monoisotopic (exact) mass is 595 g/mol. The van der Waals surface area contributed by atoms with Gasteiger partial charge in [-0.05, 0) is 77.0 Å². The zero-order valence-corrected chi connectivity index (χ0v) is 27.7. The van der Waals surface area contributed by atoms with Crippen LogP contribution in [0.4, 0.5) is 0 Å². The SMILES string of the molecule is CC/C=C\C/C=C\C/C=C\C/C=C\CCCCCCCCC(=O)NC(CO)C(O)/C=C/CC/C=C/CC/C=C/CCCC. The molecule has 0 saturated heterocycles. The number of carbonyl (C=O) groups is 1. The lowest BCUT2D eigenvalue weighted by Gasteiger charge is -2.19. The predicted molar refractivity (Wildman–Crippen MR) is 188 cm³/mol. The Hall–Kier alpha value is -2.43. The molecule has 0 rings (SSSR count). The quantitative estimate of drug-likeness (QED) is 0.0595. The van der Waals surface area contributed by atoms with Crippen molar-refractivity contribution in [2.75, 3.05) is 6.61 Å². The van der Waals surface area contributed by atoms with Gasteiger partial charge < -0.3 is 15.5 Å². The summed E-state index contributed by atoms with van der Waals surface area (Å²) in [5, 5.41) is 22.8. The summed E-state index contributed by atoms with van der Waals surface area (Å²) in [5.41, 5.74) is 0. The summed E-state index contributed by atoms with van der Waals surface area (Å²) in [4.78, 5) is 12.3. The molecule has 43 heavy (non-hydrogen) atoms. The summed E-state index contributed by atoms with van der Waals surface area (Å²) in [6, 6.07) is -0.655. The Morgan fingerprint density at radius 1 is 0.581 bits per heavy atom. The Balaban J connectivity index is 3.77. The first-order valence-electron chi connectivity index (χ1n) is 17.3. The molecule has 0 aliphatic carbocycles. The maximum absolute atomic E-state index is 12.3. The minimum atomic E-state index is -0.878. The average molecular weight is 596 g/mol. The van der Waals surface area contributed by atoms with Gasteiger partial charge in [0.2, 0.25) is 5.91 Å². The third kappa shape index (κ3) is 30.8. The van der Waals surface area contributed by atoms with Gasteiger partial charge in [0.15, 0.2) is 0 Å². The molecule has 0 aromatic heterocycles. The number of rotatable bonds is 29. The molecule has 3 N–H and O–H groups in total. The van der Waals surface area contributed by atoms with Crippen LogP contribution >= 0.6 is 0 Å². The Bertz CT molecular complexity index is 818. The van der Waals surface area contributed by atoms with E-state index < -0.39 is 12.1 Å². The molecule has 0 aromatic rings. The van der Waals surface area contributed by atoms with Crippen LogP contribution in [-0.2, 0) is 4.79 Å². The number of carbonyl (C=O) groups excluding carboxylic acids is 1. The van der Waals surface area contributed by atoms with Crippen LogP contribution in [-0.4, -0.2) is 34.9 Å². The lowest BCUT2D eigenvalue weighted by atomic mass is 10.1. The van der Waals surface area contributed by atoms with Crippen molar-refractivity contribution in [1.82, 2.24) is 5.32 Å². The minimum Gasteiger partial charge on any atom is -0.394 e. The lowest BCUT2D eigenvalue weighted by Crippen LogP contribution is -2.45. The number of unbranched alkanes of at least 4 members (excludes halogenated alkanes) is 10. The second-order valence-electron chi connectivity index (χ2n) is 11.2. The minimum absolute atomic E-state index is 0.0995. The standard InChI is InChI=1S/C39H65NO3/c1-3-5-7-9-11-13-15-17-18-19-20-21-22-23-25-27-29-31-33-35-39(43)40-37(36-41)38(42)34-32-30-28-26-24-16-14-12-10-8-6-4-2/h5,7,10-13,17-18,20-21,24,26,32,34,37-38,41-42H,3-4,6,8-9,14-16,19,22-23,25,27-31,33,35-36H2,1-2H3,(H,40,43)/b7-5-,12-10+,13-11-,18-17-,21-20-,26-24+,34-32+. The van der Waals surface area contributed by atoms with Crippen molar-refractivity contribution >= 4 is 5.91 Å². The molecule has 0 saturated carbocycles. The van der Waals surface area contributed by atoms with Crippen molar-refractivity contribution in [3.63, 3.8) is 0 Å². The molecule has 0 radical (unpaired) electrons. The highest BCUT2D eigenvalue weighted by Crippen LogP contribution is 2.10. The second-order valence-corrected chi connectivity index (χ2v) is 11.2. The summed E-state index contributed by atoms with van der Waals surface area (Å²) >= 11 is 0. The first kappa shape index (κ1) is 40.6. The topological polar surface area (TPSA) is 69.6 Å². The van der Waals surface area contributed by atoms with Crippen molar-refractivity contribution < 1.29 is 15.0 Å². The molecule has 1 amide bonds. The van der Waals surface area contributed by atoms with Gasteiger partial charge >= 0.3 is 0 Å². The van der Waals surface area contributed by atoms with Gasteiger partial charge in [-0.25, -0.2) is 0 Å². The van der Waals surface area contributed by atoms with Crippen LogP contribution in [0.25, 0.3) is 0 Å². The van der Waals surface area contributed by atoms with Gasteiger partial charge in [0, 0.05) is 6.42 Å². The maximum atomic E-state index is 12.3. The van der Waals surface area contributed by atoms with Crippen molar-refractivity contribution in [2.45, 2.75) is 148 Å². The van der Waals surface area contributed by atoms with E-state index in [2.05, 4.69) is 92.1 Å². The van der Waals surface area contributed by atoms with Crippen molar-refractivity contribution in [3.8, 4) is 0 Å². The van der Waals surface area contributed by atoms with Crippen LogP contribution in [0.5, 0.6) is 0 Å². The number of amides is 1. The summed E-state index contributed by atoms with van der Waals surface area (Å²) in [6.45, 7) is 4.09. The van der Waals surface area contributed by atoms with Crippen LogP contribution in [0, 0.1) is 0 Å². The van der Waals surface area contributed by atoms with Crippen LogP contribution in [0.3, 0.4) is 0 Å². The molecule has 0 bridgehead atoms. The molecule has 0 fully saturated rings. The number of aliphatic hydroxyl groups is 2. The molecular weight excluding hydrogens is 530 g/mol. The van der Waals surface area contributed by atoms with Crippen molar-refractivity contribution in [2.24, 2.45) is 0 Å². The highest BCUT2D eigenvalue weighted by atomic mass is 16.3. The van der Waals surface area contributed by atoms with Crippen molar-refractivity contribution in [1.29, 1.82) is 0 Å². The van der Waals surface area contributed by atoms with Gasteiger partial charge in [0.1, 0.15) is 0 Å². The third-order valence-electron chi connectivity index (χ3n) is 7.09. The number of allylic oxidation sites excluding steroid dienone is 13. The summed E-state index contributed by atoms with van der Waals surface area (Å²) < 4.78 is 0. The van der Waals surface area contributed by atoms with E-state index in [9.17, 15) is 15.0 Å². The Kier molecular flexibility index (Phi) is 32.1. The van der Waals surface area contributed by atoms with Crippen molar-refractivity contribution in [3.05, 3.63) is 85.1 Å². The van der Waals surface area contributed by atoms with E-state index in [-0.39, 0.29) is 12.5 Å². The van der Waals surface area contributed by atoms with E-state index in [0.29, 0.717) is 6.42 Å². The zero-order valence-electron chi connectivity index (χ0n) is 27.7. The van der Waals surface area contributed by atoms with E-state index in [1.54, 1.807) is 6.08 Å². The molecule has 244 valence electrons. The first-order chi connectivity index (χ1) is 21.2. The normalized spacial score (nSPS) is 14.2. The van der Waals surface area contributed by atoms with E-state index >= 15 is 0 Å². The molecule has 0 aliphatic heterocycles. The van der Waals surface area contributed by atoms with E-state index in [1.165, 1.54) is 38.5 Å². The molecule has 0 spiro atoms. The third-order valence-corrected chi connectivity index (χ3v) is 7.09. The molecule has 4 nitrogen and oxygen atoms in total. The molecule has 0 aromatic carbocycles. The number of hydrogen-bond acceptors (Lipinski definition) is 3. The molecule has 2 atom stereocenters. The molecule has 0 heterocycles. The fourth-order valence-electron chi connectivity index (χ4n) is 4.42. The summed E-state index contributed by atoms with van der Waals surface area (Å²) in [7, 11) is 0. The second kappa shape index (κ2) is 34.1. The van der Waals surface area contributed by atoms with E-state index in [4.69, 9.17) is 0 Å². The molecule has 4 heteroatoms. The van der Waals surface area contributed by atoms with Crippen LogP contribution in [0.1, 0.15) is 136 Å². The Morgan fingerprint density at radius 2 is 1.05 bits per heavy atom. The molecule has 0 aliphatic rings. The lowest BCUT2D eigenvalue weighted by molar-refractivity contribution is -0.123. The average Bonchev–Trinajstić information content (AvgIpc) is 3.01. The summed E-state index contributed by atoms with van der Waals surface area (Å²) in [5.74, 6) is -0.0995.